The summed E-state index contributed by atoms with van der Waals surface area (Å²) in [5.74, 6) is -1.13. The Hall–Kier alpha value is -1.34. The van der Waals surface area contributed by atoms with Crippen LogP contribution in [0.5, 0.6) is 0 Å². The molecule has 1 aromatic rings. The number of aromatic amines is 1. The molecule has 1 aromatic heterocycles. The van der Waals surface area contributed by atoms with Gasteiger partial charge in [0.2, 0.25) is 5.82 Å². The molecule has 0 atom stereocenters. The van der Waals surface area contributed by atoms with Crippen LogP contribution in [-0.4, -0.2) is 47.8 Å². The van der Waals surface area contributed by atoms with Crippen molar-refractivity contribution in [2.24, 2.45) is 0 Å². The van der Waals surface area contributed by atoms with Crippen LogP contribution in [0.3, 0.4) is 0 Å². The van der Waals surface area contributed by atoms with E-state index in [0.29, 0.717) is 26.2 Å². The van der Waals surface area contributed by atoms with Crippen molar-refractivity contribution < 1.29 is 4.39 Å². The number of likely N-dealkylation sites (N-methyl/N-ethyl adjacent to an activating group) is 1. The highest BCUT2D eigenvalue weighted by molar-refractivity contribution is 6.29. The third kappa shape index (κ3) is 2.20. The molecule has 0 aliphatic carbocycles. The van der Waals surface area contributed by atoms with E-state index in [1.807, 2.05) is 7.05 Å². The fourth-order valence-electron chi connectivity index (χ4n) is 1.73. The van der Waals surface area contributed by atoms with Crippen molar-refractivity contribution in [1.82, 2.24) is 14.6 Å². The Balaban J connectivity index is 2.43. The van der Waals surface area contributed by atoms with Gasteiger partial charge in [-0.1, -0.05) is 11.6 Å². The van der Waals surface area contributed by atoms with Gasteiger partial charge in [0.15, 0.2) is 5.15 Å². The van der Waals surface area contributed by atoms with Gasteiger partial charge >= 0.3 is 11.2 Å². The Bertz CT molecular complexity index is 533. The molecule has 1 saturated heterocycles. The molecule has 1 aliphatic rings. The fraction of sp³-hybridized carbons (Fsp3) is 0.556. The first-order valence-electron chi connectivity index (χ1n) is 5.15. The topological polar surface area (TPSA) is 61.3 Å². The van der Waals surface area contributed by atoms with Gasteiger partial charge < -0.3 is 9.91 Å². The highest BCUT2D eigenvalue weighted by atomic mass is 35.5. The van der Waals surface area contributed by atoms with Gasteiger partial charge in [-0.3, -0.25) is 9.78 Å². The SMILES string of the molecule is CN1CCN(n2c(=O)[nH]c(Cl)c(F)c2=O)CC1. The maximum absolute atomic E-state index is 13.3. The van der Waals surface area contributed by atoms with Crippen molar-refractivity contribution in [3.63, 3.8) is 0 Å². The van der Waals surface area contributed by atoms with Crippen LogP contribution >= 0.6 is 11.6 Å². The number of halogens is 2. The van der Waals surface area contributed by atoms with E-state index < -0.39 is 22.2 Å². The zero-order valence-electron chi connectivity index (χ0n) is 9.24. The number of nitrogens with one attached hydrogen (secondary N) is 1. The maximum Gasteiger partial charge on any atom is 0.348 e. The van der Waals surface area contributed by atoms with E-state index in [9.17, 15) is 14.0 Å². The summed E-state index contributed by atoms with van der Waals surface area (Å²) < 4.78 is 14.1. The van der Waals surface area contributed by atoms with Crippen molar-refractivity contribution in [1.29, 1.82) is 0 Å². The minimum Gasteiger partial charge on any atom is -0.303 e. The third-order valence-electron chi connectivity index (χ3n) is 2.74. The van der Waals surface area contributed by atoms with E-state index in [4.69, 9.17) is 11.6 Å². The van der Waals surface area contributed by atoms with Crippen LogP contribution in [0, 0.1) is 5.82 Å². The Kier molecular flexibility index (Phi) is 3.21. The summed E-state index contributed by atoms with van der Waals surface area (Å²) in [7, 11) is 1.94. The van der Waals surface area contributed by atoms with Crippen LogP contribution in [0.2, 0.25) is 5.15 Å². The van der Waals surface area contributed by atoms with Gasteiger partial charge in [0, 0.05) is 26.2 Å². The van der Waals surface area contributed by atoms with Crippen LogP contribution in [0.4, 0.5) is 4.39 Å². The maximum atomic E-state index is 13.3. The Labute approximate surface area is 101 Å². The van der Waals surface area contributed by atoms with Crippen molar-refractivity contribution in [2.75, 3.05) is 38.2 Å². The van der Waals surface area contributed by atoms with Crippen molar-refractivity contribution >= 4 is 11.6 Å². The number of piperazine rings is 1. The van der Waals surface area contributed by atoms with Crippen LogP contribution in [0.25, 0.3) is 0 Å². The summed E-state index contributed by atoms with van der Waals surface area (Å²) in [5.41, 5.74) is -1.73. The van der Waals surface area contributed by atoms with E-state index >= 15 is 0 Å². The average molecular weight is 263 g/mol. The molecule has 1 N–H and O–H groups in total. The lowest BCUT2D eigenvalue weighted by atomic mass is 10.4. The molecule has 0 bridgehead atoms. The number of rotatable bonds is 1. The molecule has 0 amide bonds. The van der Waals surface area contributed by atoms with Gasteiger partial charge in [-0.2, -0.15) is 9.07 Å². The highest BCUT2D eigenvalue weighted by Crippen LogP contribution is 2.03. The van der Waals surface area contributed by atoms with Gasteiger partial charge in [-0.15, -0.1) is 0 Å². The minimum atomic E-state index is -1.13. The minimum absolute atomic E-state index is 0.487. The van der Waals surface area contributed by atoms with Crippen molar-refractivity contribution in [2.45, 2.75) is 0 Å². The number of hydrogen-bond acceptors (Lipinski definition) is 4. The molecule has 8 heteroatoms. The molecule has 0 spiro atoms. The summed E-state index contributed by atoms with van der Waals surface area (Å²) in [5, 5.41) is 0.964. The summed E-state index contributed by atoms with van der Waals surface area (Å²) in [6, 6.07) is 0. The van der Waals surface area contributed by atoms with Crippen molar-refractivity contribution in [3.8, 4) is 0 Å². The normalized spacial score (nSPS) is 17.5. The molecule has 0 radical (unpaired) electrons. The van der Waals surface area contributed by atoms with Crippen LogP contribution < -0.4 is 16.3 Å². The molecule has 2 heterocycles. The van der Waals surface area contributed by atoms with Gasteiger partial charge in [0.05, 0.1) is 0 Å². The first-order chi connectivity index (χ1) is 8.00. The lowest BCUT2D eigenvalue weighted by Crippen LogP contribution is -2.58. The summed E-state index contributed by atoms with van der Waals surface area (Å²) >= 11 is 5.38. The number of hydrogen-bond donors (Lipinski definition) is 1. The lowest BCUT2D eigenvalue weighted by Gasteiger charge is -2.33. The second kappa shape index (κ2) is 4.50. The van der Waals surface area contributed by atoms with Crippen LogP contribution in [-0.2, 0) is 0 Å². The van der Waals surface area contributed by atoms with Gasteiger partial charge in [0.25, 0.3) is 0 Å². The largest absolute Gasteiger partial charge is 0.348 e. The van der Waals surface area contributed by atoms with E-state index in [2.05, 4.69) is 9.88 Å². The van der Waals surface area contributed by atoms with E-state index in [1.54, 1.807) is 0 Å². The molecule has 0 saturated carbocycles. The van der Waals surface area contributed by atoms with Crippen LogP contribution in [0.15, 0.2) is 9.59 Å². The quantitative estimate of drug-likeness (QED) is 0.674. The molecule has 1 fully saturated rings. The first kappa shape index (κ1) is 12.1. The predicted molar refractivity (Wildman–Crippen MR) is 61.7 cm³/mol. The van der Waals surface area contributed by atoms with Gasteiger partial charge in [0.1, 0.15) is 0 Å². The summed E-state index contributed by atoms with van der Waals surface area (Å²) in [4.78, 5) is 27.4. The molecular weight excluding hydrogens is 251 g/mol. The third-order valence-corrected chi connectivity index (χ3v) is 3.00. The van der Waals surface area contributed by atoms with Gasteiger partial charge in [-0.25, -0.2) is 4.79 Å². The molecule has 6 nitrogen and oxygen atoms in total. The summed E-state index contributed by atoms with van der Waals surface area (Å²) in [6.45, 7) is 2.38. The number of aromatic nitrogens is 2. The van der Waals surface area contributed by atoms with E-state index in [1.165, 1.54) is 5.01 Å². The first-order valence-corrected chi connectivity index (χ1v) is 5.52. The Morgan fingerprint density at radius 3 is 2.41 bits per heavy atom. The zero-order chi connectivity index (χ0) is 12.6. The van der Waals surface area contributed by atoms with Crippen LogP contribution in [0.1, 0.15) is 0 Å². The average Bonchev–Trinajstić information content (AvgIpc) is 2.29. The zero-order valence-corrected chi connectivity index (χ0v) is 10.00. The van der Waals surface area contributed by atoms with E-state index in [0.717, 1.165) is 4.68 Å². The number of H-pyrrole nitrogens is 1. The second-order valence-electron chi connectivity index (χ2n) is 3.93. The Morgan fingerprint density at radius 1 is 1.24 bits per heavy atom. The monoisotopic (exact) mass is 262 g/mol. The molecule has 1 aliphatic heterocycles. The molecule has 17 heavy (non-hydrogen) atoms. The molecule has 0 aromatic carbocycles. The highest BCUT2D eigenvalue weighted by Gasteiger charge is 2.20. The van der Waals surface area contributed by atoms with E-state index in [-0.39, 0.29) is 0 Å². The smallest absolute Gasteiger partial charge is 0.303 e. The number of nitrogens with zero attached hydrogens (tertiary/aromatic N) is 3. The summed E-state index contributed by atoms with van der Waals surface area (Å²) in [6.07, 6.45) is 0. The standard InChI is InChI=1S/C9H12ClFN4O2/c1-13-2-4-14(5-3-13)15-8(16)6(11)7(10)12-9(15)17/h2-5H2,1H3,(H,12,17). The van der Waals surface area contributed by atoms with Crippen molar-refractivity contribution in [3.05, 3.63) is 31.8 Å². The van der Waals surface area contributed by atoms with Gasteiger partial charge in [-0.05, 0) is 7.05 Å². The molecular formula is C9H12ClFN4O2. The Morgan fingerprint density at radius 2 is 1.82 bits per heavy atom. The molecule has 0 unspecified atom stereocenters. The fourth-order valence-corrected chi connectivity index (χ4v) is 1.90. The molecule has 94 valence electrons. The molecule has 2 rings (SSSR count). The predicted octanol–water partition coefficient (Wildman–Crippen LogP) is -0.787. The lowest BCUT2D eigenvalue weighted by molar-refractivity contribution is 0.281. The second-order valence-corrected chi connectivity index (χ2v) is 4.31.